The summed E-state index contributed by atoms with van der Waals surface area (Å²) in [5, 5.41) is 14.4. The third kappa shape index (κ3) is 12.4. The molecular formula is C26H37ClN6. The Morgan fingerprint density at radius 3 is 1.48 bits per heavy atom. The Morgan fingerprint density at radius 2 is 1.15 bits per heavy atom. The number of aromatic nitrogens is 6. The number of nitrogens with zero attached hydrogens (tertiary/aromatic N) is 4. The van der Waals surface area contributed by atoms with Crippen molar-refractivity contribution in [2.45, 2.75) is 54.9 Å². The molecule has 0 unspecified atom stereocenters. The summed E-state index contributed by atoms with van der Waals surface area (Å²) in [7, 11) is 0. The topological polar surface area (TPSA) is 83.1 Å². The molecule has 178 valence electrons. The van der Waals surface area contributed by atoms with Gasteiger partial charge in [-0.15, -0.1) is 6.58 Å². The third-order valence-electron chi connectivity index (χ3n) is 3.33. The van der Waals surface area contributed by atoms with E-state index in [-0.39, 0.29) is 0 Å². The van der Waals surface area contributed by atoms with E-state index < -0.39 is 0 Å². The minimum Gasteiger partial charge on any atom is -0.263 e. The number of allylic oxidation sites excluding steroid dienone is 1. The minimum absolute atomic E-state index is 0.703. The van der Waals surface area contributed by atoms with Crippen LogP contribution in [0.3, 0.4) is 0 Å². The highest BCUT2D eigenvalue weighted by atomic mass is 35.5. The molecule has 6 nitrogen and oxygen atoms in total. The molecule has 0 amide bonds. The maximum Gasteiger partial charge on any atom is 0.181 e. The van der Waals surface area contributed by atoms with Crippen molar-refractivity contribution in [1.29, 1.82) is 0 Å². The summed E-state index contributed by atoms with van der Waals surface area (Å²) in [5.41, 5.74) is 2.01. The van der Waals surface area contributed by atoms with Crippen molar-refractivity contribution in [1.82, 2.24) is 30.4 Å². The molecule has 0 aliphatic carbocycles. The SMILES string of the molecule is C=CC.CC.CCC.Cc1nc(-c2ccc(Cl)cc2)n[nH]1.Cc1nc(-c2ccccc2)n[nH]1. The van der Waals surface area contributed by atoms with Gasteiger partial charge in [-0.05, 0) is 45.0 Å². The first-order valence-electron chi connectivity index (χ1n) is 11.1. The summed E-state index contributed by atoms with van der Waals surface area (Å²) in [6.07, 6.45) is 3.00. The highest BCUT2D eigenvalue weighted by Gasteiger charge is 2.02. The molecule has 33 heavy (non-hydrogen) atoms. The van der Waals surface area contributed by atoms with Gasteiger partial charge >= 0.3 is 0 Å². The number of hydrogen-bond acceptors (Lipinski definition) is 4. The second-order valence-electron chi connectivity index (χ2n) is 6.48. The zero-order chi connectivity index (χ0) is 25.1. The summed E-state index contributed by atoms with van der Waals surface area (Å²) in [4.78, 5) is 8.42. The first-order chi connectivity index (χ1) is 15.9. The third-order valence-corrected chi connectivity index (χ3v) is 3.58. The second-order valence-corrected chi connectivity index (χ2v) is 6.91. The van der Waals surface area contributed by atoms with Crippen molar-refractivity contribution >= 4 is 11.6 Å². The summed E-state index contributed by atoms with van der Waals surface area (Å²) in [5.74, 6) is 3.11. The van der Waals surface area contributed by atoms with Crippen LogP contribution in [0.5, 0.6) is 0 Å². The standard InChI is InChI=1S/C9H8ClN3.C9H9N3.C3H8.C3H6.C2H6/c1-6-11-9(13-12-6)7-2-4-8(10)5-3-7;1-7-10-9(12-11-7)8-5-3-2-4-6-8;2*1-3-2;1-2/h2-5H,1H3,(H,11,12,13);2-6H,1H3,(H,10,11,12);3H2,1-2H3;3H,1H2,2H3;1-2H3. The van der Waals surface area contributed by atoms with Gasteiger partial charge in [-0.1, -0.05) is 82.1 Å². The zero-order valence-electron chi connectivity index (χ0n) is 20.9. The summed E-state index contributed by atoms with van der Waals surface area (Å²) in [6.45, 7) is 17.3. The molecule has 0 aliphatic rings. The smallest absolute Gasteiger partial charge is 0.181 e. The van der Waals surface area contributed by atoms with Gasteiger partial charge in [0.2, 0.25) is 0 Å². The monoisotopic (exact) mass is 468 g/mol. The molecule has 0 atom stereocenters. The molecule has 0 saturated carbocycles. The number of hydrogen-bond donors (Lipinski definition) is 2. The van der Waals surface area contributed by atoms with Crippen molar-refractivity contribution in [3.8, 4) is 22.8 Å². The van der Waals surface area contributed by atoms with Crippen LogP contribution in [-0.4, -0.2) is 30.4 Å². The van der Waals surface area contributed by atoms with Gasteiger partial charge in [0.25, 0.3) is 0 Å². The van der Waals surface area contributed by atoms with Gasteiger partial charge < -0.3 is 0 Å². The lowest BCUT2D eigenvalue weighted by Gasteiger charge is -1.93. The molecule has 7 heteroatoms. The van der Waals surface area contributed by atoms with E-state index in [9.17, 15) is 0 Å². The Kier molecular flexibility index (Phi) is 16.5. The fraction of sp³-hybridized carbons (Fsp3) is 0.308. The van der Waals surface area contributed by atoms with Gasteiger partial charge in [0.15, 0.2) is 11.6 Å². The Bertz CT molecular complexity index is 991. The van der Waals surface area contributed by atoms with Crippen molar-refractivity contribution in [3.05, 3.63) is 83.9 Å². The van der Waals surface area contributed by atoms with E-state index in [1.165, 1.54) is 6.42 Å². The molecular weight excluding hydrogens is 432 g/mol. The van der Waals surface area contributed by atoms with Crippen LogP contribution in [0.4, 0.5) is 0 Å². The highest BCUT2D eigenvalue weighted by Crippen LogP contribution is 2.17. The summed E-state index contributed by atoms with van der Waals surface area (Å²) in [6, 6.07) is 17.3. The van der Waals surface area contributed by atoms with E-state index in [1.807, 2.05) is 89.2 Å². The van der Waals surface area contributed by atoms with Crippen LogP contribution in [0.25, 0.3) is 22.8 Å². The average molecular weight is 469 g/mol. The summed E-state index contributed by atoms with van der Waals surface area (Å²) < 4.78 is 0. The number of aromatic amines is 2. The van der Waals surface area contributed by atoms with E-state index in [4.69, 9.17) is 11.6 Å². The number of H-pyrrole nitrogens is 2. The molecule has 2 aromatic heterocycles. The predicted octanol–water partition coefficient (Wildman–Crippen LogP) is 7.85. The van der Waals surface area contributed by atoms with Gasteiger partial charge in [-0.2, -0.15) is 10.2 Å². The van der Waals surface area contributed by atoms with E-state index in [2.05, 4.69) is 50.8 Å². The normalized spacial score (nSPS) is 8.85. The lowest BCUT2D eigenvalue weighted by molar-refractivity contribution is 1.04. The fourth-order valence-electron chi connectivity index (χ4n) is 2.13. The van der Waals surface area contributed by atoms with Crippen molar-refractivity contribution in [2.24, 2.45) is 0 Å². The van der Waals surface area contributed by atoms with Gasteiger partial charge in [-0.25, -0.2) is 9.97 Å². The number of rotatable bonds is 2. The van der Waals surface area contributed by atoms with Crippen molar-refractivity contribution in [3.63, 3.8) is 0 Å². The zero-order valence-corrected chi connectivity index (χ0v) is 21.6. The van der Waals surface area contributed by atoms with Crippen LogP contribution in [0.15, 0.2) is 67.3 Å². The lowest BCUT2D eigenvalue weighted by Crippen LogP contribution is -1.79. The highest BCUT2D eigenvalue weighted by molar-refractivity contribution is 6.30. The molecule has 2 aromatic carbocycles. The number of halogens is 1. The maximum absolute atomic E-state index is 5.76. The van der Waals surface area contributed by atoms with E-state index in [0.29, 0.717) is 5.82 Å². The maximum atomic E-state index is 5.76. The summed E-state index contributed by atoms with van der Waals surface area (Å²) >= 11 is 5.76. The van der Waals surface area contributed by atoms with Crippen LogP contribution >= 0.6 is 11.6 Å². The number of aryl methyl sites for hydroxylation is 2. The van der Waals surface area contributed by atoms with Crippen LogP contribution in [0.1, 0.15) is 52.7 Å². The largest absolute Gasteiger partial charge is 0.263 e. The van der Waals surface area contributed by atoms with E-state index in [1.54, 1.807) is 6.08 Å². The van der Waals surface area contributed by atoms with Gasteiger partial charge in [0.1, 0.15) is 11.6 Å². The molecule has 0 bridgehead atoms. The van der Waals surface area contributed by atoms with Gasteiger partial charge in [-0.3, -0.25) is 10.2 Å². The number of nitrogens with one attached hydrogen (secondary N) is 2. The van der Waals surface area contributed by atoms with Crippen LogP contribution in [0, 0.1) is 13.8 Å². The predicted molar refractivity (Wildman–Crippen MR) is 141 cm³/mol. The molecule has 0 radical (unpaired) electrons. The first-order valence-corrected chi connectivity index (χ1v) is 11.5. The quantitative estimate of drug-likeness (QED) is 0.293. The Balaban J connectivity index is 0.000000475. The average Bonchev–Trinajstić information content (AvgIpc) is 3.46. The molecule has 0 aliphatic heterocycles. The molecule has 2 N–H and O–H groups in total. The first kappa shape index (κ1) is 29.8. The number of benzene rings is 2. The Morgan fingerprint density at radius 1 is 0.788 bits per heavy atom. The molecule has 4 aromatic rings. The molecule has 0 fully saturated rings. The second kappa shape index (κ2) is 18.3. The molecule has 0 saturated heterocycles. The van der Waals surface area contributed by atoms with Crippen LogP contribution in [0.2, 0.25) is 5.02 Å². The molecule has 4 rings (SSSR count). The Labute approximate surface area is 203 Å². The van der Waals surface area contributed by atoms with Crippen molar-refractivity contribution < 1.29 is 0 Å². The fourth-order valence-corrected chi connectivity index (χ4v) is 2.26. The van der Waals surface area contributed by atoms with Gasteiger partial charge in [0.05, 0.1) is 0 Å². The minimum atomic E-state index is 0.703. The molecule has 2 heterocycles. The van der Waals surface area contributed by atoms with Crippen LogP contribution in [-0.2, 0) is 0 Å². The lowest BCUT2D eigenvalue weighted by atomic mass is 10.2. The molecule has 0 spiro atoms. The van der Waals surface area contributed by atoms with E-state index >= 15 is 0 Å². The van der Waals surface area contributed by atoms with E-state index in [0.717, 1.165) is 33.6 Å². The van der Waals surface area contributed by atoms with Crippen LogP contribution < -0.4 is 0 Å². The van der Waals surface area contributed by atoms with Crippen molar-refractivity contribution in [2.75, 3.05) is 0 Å². The van der Waals surface area contributed by atoms with Gasteiger partial charge in [0, 0.05) is 16.1 Å². The Hall–Kier alpha value is -3.25.